The number of rotatable bonds is 9. The van der Waals surface area contributed by atoms with Crippen molar-refractivity contribution in [1.29, 1.82) is 0 Å². The normalized spacial score (nSPS) is 24.9. The first-order valence-electron chi connectivity index (χ1n) is 12.0. The summed E-state index contributed by atoms with van der Waals surface area (Å²) in [7, 11) is 0. The topological polar surface area (TPSA) is 9.23 Å². The Morgan fingerprint density at radius 1 is 0.967 bits per heavy atom. The molecule has 0 amide bonds. The predicted molar refractivity (Wildman–Crippen MR) is 121 cm³/mol. The van der Waals surface area contributed by atoms with Gasteiger partial charge in [-0.05, 0) is 87.2 Å². The lowest BCUT2D eigenvalue weighted by Gasteiger charge is -2.30. The number of hydrogen-bond donors (Lipinski definition) is 0. The van der Waals surface area contributed by atoms with Gasteiger partial charge in [-0.3, -0.25) is 0 Å². The monoisotopic (exact) mass is 416 g/mol. The largest absolute Gasteiger partial charge is 0.378 e. The Hall–Kier alpha value is -1.48. The molecule has 1 aromatic rings. The molecule has 166 valence electrons. The van der Waals surface area contributed by atoms with Crippen molar-refractivity contribution in [3.05, 3.63) is 53.1 Å². The minimum absolute atomic E-state index is 0.402. The van der Waals surface area contributed by atoms with Gasteiger partial charge in [-0.15, -0.1) is 0 Å². The summed E-state index contributed by atoms with van der Waals surface area (Å²) in [5.41, 5.74) is 1.88. The Morgan fingerprint density at radius 2 is 1.77 bits per heavy atom. The Kier molecular flexibility index (Phi) is 9.11. The van der Waals surface area contributed by atoms with Crippen LogP contribution in [-0.2, 0) is 11.2 Å². The summed E-state index contributed by atoms with van der Waals surface area (Å²) >= 11 is 0. The second-order valence-corrected chi connectivity index (χ2v) is 9.11. The Morgan fingerprint density at radius 3 is 2.43 bits per heavy atom. The molecule has 0 spiro atoms. The standard InChI is InChI=1S/C27H38F2O/c1-3-5-6-8-20-11-16-24(17-12-20)30-19-21-9-13-22(14-10-21)25-18-15-23(7-4-2)26(28)27(25)29/h5-6,13,15,18,20-21,24H,3-4,7-12,14,16-17,19H2,1-2H3. The third-order valence-electron chi connectivity index (χ3n) is 6.78. The number of ether oxygens (including phenoxy) is 1. The molecule has 1 fully saturated rings. The van der Waals surface area contributed by atoms with Gasteiger partial charge in [-0.1, -0.05) is 50.6 Å². The number of hydrogen-bond acceptors (Lipinski definition) is 1. The summed E-state index contributed by atoms with van der Waals surface area (Å²) < 4.78 is 35.1. The zero-order valence-corrected chi connectivity index (χ0v) is 18.8. The number of aryl methyl sites for hydroxylation is 1. The van der Waals surface area contributed by atoms with Gasteiger partial charge >= 0.3 is 0 Å². The minimum Gasteiger partial charge on any atom is -0.378 e. The zero-order valence-electron chi connectivity index (χ0n) is 18.8. The fraction of sp³-hybridized carbons (Fsp3) is 0.630. The lowest BCUT2D eigenvalue weighted by molar-refractivity contribution is -0.00175. The van der Waals surface area contributed by atoms with Gasteiger partial charge in [0.15, 0.2) is 11.6 Å². The molecule has 1 unspecified atom stereocenters. The summed E-state index contributed by atoms with van der Waals surface area (Å²) in [6, 6.07) is 3.52. The van der Waals surface area contributed by atoms with Gasteiger partial charge in [0.1, 0.15) is 0 Å². The molecule has 0 aromatic heterocycles. The molecule has 1 aromatic carbocycles. The minimum atomic E-state index is -0.674. The number of halogens is 2. The Bertz CT molecular complexity index is 729. The molecule has 3 heteroatoms. The summed E-state index contributed by atoms with van der Waals surface area (Å²) in [4.78, 5) is 0. The second-order valence-electron chi connectivity index (χ2n) is 9.11. The molecule has 3 rings (SSSR count). The molecule has 0 bridgehead atoms. The molecule has 0 radical (unpaired) electrons. The van der Waals surface area contributed by atoms with Gasteiger partial charge < -0.3 is 4.74 Å². The first-order chi connectivity index (χ1) is 14.6. The van der Waals surface area contributed by atoms with E-state index in [0.717, 1.165) is 50.2 Å². The van der Waals surface area contributed by atoms with E-state index >= 15 is 0 Å². The maximum atomic E-state index is 14.5. The molecule has 0 heterocycles. The first-order valence-corrected chi connectivity index (χ1v) is 12.0. The van der Waals surface area contributed by atoms with Crippen LogP contribution in [0.1, 0.15) is 89.2 Å². The third-order valence-corrected chi connectivity index (χ3v) is 6.78. The van der Waals surface area contributed by atoms with Gasteiger partial charge in [-0.2, -0.15) is 0 Å². The van der Waals surface area contributed by atoms with E-state index < -0.39 is 11.6 Å². The van der Waals surface area contributed by atoms with Crippen molar-refractivity contribution in [3.8, 4) is 0 Å². The molecule has 2 aliphatic carbocycles. The molecular weight excluding hydrogens is 378 g/mol. The lowest BCUT2D eigenvalue weighted by atomic mass is 9.84. The maximum absolute atomic E-state index is 14.5. The number of benzene rings is 1. The van der Waals surface area contributed by atoms with Crippen LogP contribution in [0.4, 0.5) is 8.78 Å². The molecule has 30 heavy (non-hydrogen) atoms. The van der Waals surface area contributed by atoms with E-state index in [1.165, 1.54) is 32.1 Å². The molecule has 0 aliphatic heterocycles. The van der Waals surface area contributed by atoms with Crippen LogP contribution in [-0.4, -0.2) is 12.7 Å². The summed E-state index contributed by atoms with van der Waals surface area (Å²) in [5.74, 6) is -0.0213. The molecule has 1 saturated carbocycles. The van der Waals surface area contributed by atoms with Crippen molar-refractivity contribution in [2.45, 2.75) is 90.6 Å². The van der Waals surface area contributed by atoms with Crippen LogP contribution in [0.15, 0.2) is 30.4 Å². The van der Waals surface area contributed by atoms with Crippen molar-refractivity contribution in [2.24, 2.45) is 11.8 Å². The highest BCUT2D eigenvalue weighted by Gasteiger charge is 2.24. The third kappa shape index (κ3) is 6.26. The van der Waals surface area contributed by atoms with Crippen LogP contribution in [0, 0.1) is 23.5 Å². The van der Waals surface area contributed by atoms with E-state index in [1.54, 1.807) is 12.1 Å². The van der Waals surface area contributed by atoms with Gasteiger partial charge in [-0.25, -0.2) is 8.78 Å². The van der Waals surface area contributed by atoms with Crippen molar-refractivity contribution in [3.63, 3.8) is 0 Å². The SMILES string of the molecule is CCC=CCC1CCC(OCC2CC=C(c3ccc(CCC)c(F)c3F)CC2)CC1. The molecular formula is C27H38F2O. The quantitative estimate of drug-likeness (QED) is 0.370. The Labute approximate surface area is 181 Å². The summed E-state index contributed by atoms with van der Waals surface area (Å²) in [6.07, 6.45) is 18.4. The van der Waals surface area contributed by atoms with Crippen LogP contribution in [0.2, 0.25) is 0 Å². The van der Waals surface area contributed by atoms with E-state index in [2.05, 4.69) is 25.2 Å². The van der Waals surface area contributed by atoms with Gasteiger partial charge in [0, 0.05) is 5.56 Å². The molecule has 0 saturated heterocycles. The van der Waals surface area contributed by atoms with E-state index in [-0.39, 0.29) is 0 Å². The fourth-order valence-corrected chi connectivity index (χ4v) is 4.85. The molecule has 2 aliphatic rings. The highest BCUT2D eigenvalue weighted by molar-refractivity contribution is 5.67. The molecule has 1 atom stereocenters. The molecule has 1 nitrogen and oxygen atoms in total. The summed E-state index contributed by atoms with van der Waals surface area (Å²) in [5, 5.41) is 0. The van der Waals surface area contributed by atoms with E-state index in [9.17, 15) is 8.78 Å². The van der Waals surface area contributed by atoms with Gasteiger partial charge in [0.2, 0.25) is 0 Å². The number of allylic oxidation sites excluding steroid dienone is 4. The van der Waals surface area contributed by atoms with Crippen molar-refractivity contribution < 1.29 is 13.5 Å². The lowest BCUT2D eigenvalue weighted by Crippen LogP contribution is -2.24. The summed E-state index contributed by atoms with van der Waals surface area (Å²) in [6.45, 7) is 4.96. The maximum Gasteiger partial charge on any atom is 0.166 e. The van der Waals surface area contributed by atoms with Crippen molar-refractivity contribution in [2.75, 3.05) is 6.61 Å². The van der Waals surface area contributed by atoms with Gasteiger partial charge in [0.25, 0.3) is 0 Å². The fourth-order valence-electron chi connectivity index (χ4n) is 4.85. The van der Waals surface area contributed by atoms with E-state index in [1.807, 2.05) is 6.92 Å². The highest BCUT2D eigenvalue weighted by atomic mass is 19.2. The zero-order chi connectivity index (χ0) is 21.3. The second kappa shape index (κ2) is 11.8. The highest BCUT2D eigenvalue weighted by Crippen LogP contribution is 2.34. The van der Waals surface area contributed by atoms with Crippen LogP contribution >= 0.6 is 0 Å². The van der Waals surface area contributed by atoms with Crippen LogP contribution in [0.3, 0.4) is 0 Å². The van der Waals surface area contributed by atoms with E-state index in [0.29, 0.717) is 29.6 Å². The first kappa shape index (κ1) is 23.2. The van der Waals surface area contributed by atoms with Gasteiger partial charge in [0.05, 0.1) is 12.7 Å². The molecule has 0 N–H and O–H groups in total. The van der Waals surface area contributed by atoms with Crippen molar-refractivity contribution >= 4 is 5.57 Å². The van der Waals surface area contributed by atoms with Crippen LogP contribution < -0.4 is 0 Å². The van der Waals surface area contributed by atoms with Crippen LogP contribution in [0.5, 0.6) is 0 Å². The smallest absolute Gasteiger partial charge is 0.166 e. The van der Waals surface area contributed by atoms with Crippen molar-refractivity contribution in [1.82, 2.24) is 0 Å². The predicted octanol–water partition coefficient (Wildman–Crippen LogP) is 8.03. The van der Waals surface area contributed by atoms with Crippen LogP contribution in [0.25, 0.3) is 5.57 Å². The van der Waals surface area contributed by atoms with E-state index in [4.69, 9.17) is 4.74 Å². The average Bonchev–Trinajstić information content (AvgIpc) is 2.77. The average molecular weight is 417 g/mol. The Balaban J connectivity index is 1.45.